The van der Waals surface area contributed by atoms with Crippen LogP contribution in [0.25, 0.3) is 6.08 Å². The van der Waals surface area contributed by atoms with E-state index in [1.165, 1.54) is 11.3 Å². The second-order valence-electron chi connectivity index (χ2n) is 8.12. The van der Waals surface area contributed by atoms with Crippen molar-refractivity contribution < 1.29 is 9.53 Å². The zero-order valence-corrected chi connectivity index (χ0v) is 21.8. The fraction of sp³-hybridized carbons (Fsp3) is 0.296. The minimum atomic E-state index is -0.644. The van der Waals surface area contributed by atoms with Gasteiger partial charge in [0, 0.05) is 23.8 Å². The lowest BCUT2D eigenvalue weighted by molar-refractivity contribution is -0.139. The lowest BCUT2D eigenvalue weighted by Gasteiger charge is -2.24. The Morgan fingerprint density at radius 2 is 1.77 bits per heavy atom. The molecule has 1 aliphatic rings. The quantitative estimate of drug-likeness (QED) is 0.445. The molecule has 1 unspecified atom stereocenters. The van der Waals surface area contributed by atoms with Crippen molar-refractivity contribution in [1.29, 1.82) is 0 Å². The zero-order chi connectivity index (χ0) is 25.1. The monoisotopic (exact) mass is 509 g/mol. The van der Waals surface area contributed by atoms with Crippen LogP contribution in [0.4, 0.5) is 5.69 Å². The van der Waals surface area contributed by atoms with Crippen LogP contribution >= 0.6 is 22.9 Å². The molecular formula is C27H28ClN3O3S. The van der Waals surface area contributed by atoms with Gasteiger partial charge < -0.3 is 9.64 Å². The van der Waals surface area contributed by atoms with Gasteiger partial charge in [0.15, 0.2) is 4.80 Å². The molecule has 0 spiro atoms. The molecule has 8 heteroatoms. The summed E-state index contributed by atoms with van der Waals surface area (Å²) < 4.78 is 7.47. The molecule has 0 fully saturated rings. The average molecular weight is 510 g/mol. The largest absolute Gasteiger partial charge is 0.463 e. The molecule has 4 rings (SSSR count). The Labute approximate surface area is 213 Å². The van der Waals surface area contributed by atoms with E-state index in [1.54, 1.807) is 30.5 Å². The van der Waals surface area contributed by atoms with Crippen molar-refractivity contribution in [3.05, 3.63) is 95.6 Å². The first-order chi connectivity index (χ1) is 16.9. The number of esters is 1. The smallest absolute Gasteiger partial charge is 0.338 e. The van der Waals surface area contributed by atoms with E-state index < -0.39 is 12.0 Å². The van der Waals surface area contributed by atoms with E-state index in [-0.39, 0.29) is 12.2 Å². The number of carbonyl (C=O) groups is 1. The number of anilines is 1. The number of carbonyl (C=O) groups excluding carboxylic acids is 1. The number of ether oxygens (including phenoxy) is 1. The molecule has 1 atom stereocenters. The molecule has 182 valence electrons. The van der Waals surface area contributed by atoms with E-state index in [2.05, 4.69) is 35.9 Å². The van der Waals surface area contributed by atoms with Crippen molar-refractivity contribution in [3.8, 4) is 0 Å². The van der Waals surface area contributed by atoms with Gasteiger partial charge in [0.2, 0.25) is 0 Å². The third-order valence-electron chi connectivity index (χ3n) is 6.02. The summed E-state index contributed by atoms with van der Waals surface area (Å²) in [6, 6.07) is 14.7. The Balaban J connectivity index is 1.85. The number of fused-ring (bicyclic) bond motifs is 1. The molecule has 2 heterocycles. The molecule has 0 saturated heterocycles. The molecule has 6 nitrogen and oxygen atoms in total. The van der Waals surface area contributed by atoms with Crippen molar-refractivity contribution in [2.75, 3.05) is 24.6 Å². The summed E-state index contributed by atoms with van der Waals surface area (Å²) in [5.74, 6) is -0.477. The molecule has 35 heavy (non-hydrogen) atoms. The number of nitrogens with zero attached hydrogens (tertiary/aromatic N) is 3. The predicted molar refractivity (Wildman–Crippen MR) is 142 cm³/mol. The van der Waals surface area contributed by atoms with Gasteiger partial charge in [-0.25, -0.2) is 9.79 Å². The molecule has 0 radical (unpaired) electrons. The minimum absolute atomic E-state index is 0.198. The summed E-state index contributed by atoms with van der Waals surface area (Å²) in [6.07, 6.45) is 1.87. The third-order valence-corrected chi connectivity index (χ3v) is 7.26. The first-order valence-corrected chi connectivity index (χ1v) is 12.9. The maximum atomic E-state index is 13.6. The second kappa shape index (κ2) is 10.6. The molecular weight excluding hydrogens is 482 g/mol. The van der Waals surface area contributed by atoms with Crippen LogP contribution < -0.4 is 19.8 Å². The van der Waals surface area contributed by atoms with Crippen LogP contribution in [0.15, 0.2) is 69.6 Å². The van der Waals surface area contributed by atoms with E-state index in [0.29, 0.717) is 25.6 Å². The van der Waals surface area contributed by atoms with Crippen molar-refractivity contribution in [2.24, 2.45) is 4.99 Å². The van der Waals surface area contributed by atoms with Gasteiger partial charge in [-0.05, 0) is 69.2 Å². The third kappa shape index (κ3) is 4.97. The summed E-state index contributed by atoms with van der Waals surface area (Å²) in [5, 5.41) is 0.577. The molecule has 0 saturated carbocycles. The van der Waals surface area contributed by atoms with Crippen molar-refractivity contribution in [1.82, 2.24) is 4.57 Å². The lowest BCUT2D eigenvalue weighted by Crippen LogP contribution is -2.39. The normalized spacial score (nSPS) is 15.6. The molecule has 0 N–H and O–H groups in total. The summed E-state index contributed by atoms with van der Waals surface area (Å²) in [6.45, 7) is 9.88. The number of aromatic nitrogens is 1. The highest BCUT2D eigenvalue weighted by Crippen LogP contribution is 2.31. The highest BCUT2D eigenvalue weighted by atomic mass is 35.5. The van der Waals surface area contributed by atoms with Crippen LogP contribution in [0.5, 0.6) is 0 Å². The molecule has 3 aromatic rings. The Kier molecular flexibility index (Phi) is 7.57. The predicted octanol–water partition coefficient (Wildman–Crippen LogP) is 4.30. The first kappa shape index (κ1) is 24.9. The average Bonchev–Trinajstić information content (AvgIpc) is 3.15. The Morgan fingerprint density at radius 1 is 1.11 bits per heavy atom. The Morgan fingerprint density at radius 3 is 2.37 bits per heavy atom. The van der Waals surface area contributed by atoms with Crippen LogP contribution in [0.2, 0.25) is 5.02 Å². The second-order valence-corrected chi connectivity index (χ2v) is 9.56. The Bertz CT molecular complexity index is 1430. The molecule has 1 aromatic heterocycles. The highest BCUT2D eigenvalue weighted by molar-refractivity contribution is 7.07. The molecule has 0 bridgehead atoms. The maximum Gasteiger partial charge on any atom is 0.338 e. The van der Waals surface area contributed by atoms with E-state index in [1.807, 2.05) is 30.3 Å². The first-order valence-electron chi connectivity index (χ1n) is 11.7. The van der Waals surface area contributed by atoms with E-state index in [4.69, 9.17) is 16.3 Å². The number of rotatable bonds is 7. The molecule has 0 amide bonds. The van der Waals surface area contributed by atoms with Crippen LogP contribution in [0.3, 0.4) is 0 Å². The van der Waals surface area contributed by atoms with Gasteiger partial charge in [-0.15, -0.1) is 0 Å². The van der Waals surface area contributed by atoms with E-state index >= 15 is 0 Å². The number of hydrogen-bond donors (Lipinski definition) is 0. The lowest BCUT2D eigenvalue weighted by atomic mass is 9.96. The van der Waals surface area contributed by atoms with Crippen LogP contribution in [-0.2, 0) is 9.53 Å². The minimum Gasteiger partial charge on any atom is -0.463 e. The SMILES string of the molecule is CCOC(=O)C1=C(C)N=c2s/c(=C\c3ccc(N(CC)CC)cc3)c(=O)n2C1c1ccc(Cl)cc1. The van der Waals surface area contributed by atoms with Crippen LogP contribution in [-0.4, -0.2) is 30.2 Å². The Hall–Kier alpha value is -3.16. The fourth-order valence-electron chi connectivity index (χ4n) is 4.27. The van der Waals surface area contributed by atoms with Crippen molar-refractivity contribution in [2.45, 2.75) is 33.7 Å². The van der Waals surface area contributed by atoms with E-state index in [0.717, 1.165) is 29.9 Å². The van der Waals surface area contributed by atoms with Crippen LogP contribution in [0, 0.1) is 0 Å². The molecule has 0 aliphatic carbocycles. The standard InChI is InChI=1S/C27H28ClN3O3S/c1-5-30(6-2)21-14-8-18(9-15-21)16-22-25(32)31-24(19-10-12-20(28)13-11-19)23(26(33)34-7-3)17(4)29-27(31)35-22/h8-16,24H,5-7H2,1-4H3/b22-16-. The number of halogens is 1. The maximum absolute atomic E-state index is 13.6. The number of benzene rings is 2. The van der Waals surface area contributed by atoms with Crippen LogP contribution in [0.1, 0.15) is 44.9 Å². The summed E-state index contributed by atoms with van der Waals surface area (Å²) in [4.78, 5) is 34.0. The van der Waals surface area contributed by atoms with Gasteiger partial charge in [-0.3, -0.25) is 9.36 Å². The topological polar surface area (TPSA) is 63.9 Å². The van der Waals surface area contributed by atoms with Crippen molar-refractivity contribution >= 4 is 40.7 Å². The number of allylic oxidation sites excluding steroid dienone is 1. The van der Waals surface area contributed by atoms with Gasteiger partial charge in [0.1, 0.15) is 0 Å². The van der Waals surface area contributed by atoms with Gasteiger partial charge >= 0.3 is 5.97 Å². The number of hydrogen-bond acceptors (Lipinski definition) is 6. The van der Waals surface area contributed by atoms with Gasteiger partial charge in [0.05, 0.1) is 28.5 Å². The summed E-state index contributed by atoms with van der Waals surface area (Å²) in [7, 11) is 0. The van der Waals surface area contributed by atoms with Gasteiger partial charge in [-0.2, -0.15) is 0 Å². The van der Waals surface area contributed by atoms with E-state index in [9.17, 15) is 9.59 Å². The summed E-state index contributed by atoms with van der Waals surface area (Å²) >= 11 is 7.42. The number of thiazole rings is 1. The van der Waals surface area contributed by atoms with Gasteiger partial charge in [-0.1, -0.05) is 47.2 Å². The fourth-order valence-corrected chi connectivity index (χ4v) is 5.45. The summed E-state index contributed by atoms with van der Waals surface area (Å²) in [5.41, 5.74) is 3.54. The van der Waals surface area contributed by atoms with Gasteiger partial charge in [0.25, 0.3) is 5.56 Å². The van der Waals surface area contributed by atoms with Crippen molar-refractivity contribution in [3.63, 3.8) is 0 Å². The molecule has 1 aliphatic heterocycles. The zero-order valence-electron chi connectivity index (χ0n) is 20.2. The highest BCUT2D eigenvalue weighted by Gasteiger charge is 2.33. The molecule has 2 aromatic carbocycles.